The van der Waals surface area contributed by atoms with Gasteiger partial charge in [0.25, 0.3) is 0 Å². The summed E-state index contributed by atoms with van der Waals surface area (Å²) in [6.45, 7) is 4.39. The van der Waals surface area contributed by atoms with Gasteiger partial charge in [0.2, 0.25) is 0 Å². The minimum Gasteiger partial charge on any atom is -0.473 e. The van der Waals surface area contributed by atoms with Crippen LogP contribution in [0.4, 0.5) is 10.1 Å². The minimum absolute atomic E-state index is 0.287. The van der Waals surface area contributed by atoms with Crippen LogP contribution in [0.25, 0.3) is 39.1 Å². The zero-order valence-corrected chi connectivity index (χ0v) is 28.2. The Morgan fingerprint density at radius 3 is 2.06 bits per heavy atom. The summed E-state index contributed by atoms with van der Waals surface area (Å²) in [4.78, 5) is 2.42. The summed E-state index contributed by atoms with van der Waals surface area (Å²) in [6, 6.07) is 44.0. The van der Waals surface area contributed by atoms with Crippen molar-refractivity contribution in [1.82, 2.24) is 0 Å². The van der Waals surface area contributed by atoms with E-state index in [1.165, 1.54) is 60.5 Å². The van der Waals surface area contributed by atoms with Crippen molar-refractivity contribution in [3.8, 4) is 28.0 Å². The monoisotopic (exact) mass is 643 g/mol. The molecule has 0 amide bonds. The number of hydrogen-bond donors (Lipinski definition) is 0. The maximum atomic E-state index is 15.8. The summed E-state index contributed by atoms with van der Waals surface area (Å²) < 4.78 is 22.9. The first-order valence-electron chi connectivity index (χ1n) is 17.9. The van der Waals surface area contributed by atoms with Crippen molar-refractivity contribution in [3.05, 3.63) is 162 Å². The Labute approximate surface area is 289 Å². The first kappa shape index (κ1) is 31.1. The third kappa shape index (κ3) is 5.93. The number of aryl methyl sites for hydroxylation is 1. The second kappa shape index (κ2) is 13.4. The highest BCUT2D eigenvalue weighted by atomic mass is 19.1. The molecule has 6 aromatic rings. The minimum atomic E-state index is -1.12. The molecule has 0 spiro atoms. The number of fused-ring (bicyclic) bond motifs is 3. The fourth-order valence-corrected chi connectivity index (χ4v) is 7.67. The number of unbranched alkanes of at least 4 members (excludes halogenated alkanes) is 2. The molecule has 0 N–H and O–H groups in total. The Kier molecular flexibility index (Phi) is 8.51. The summed E-state index contributed by atoms with van der Waals surface area (Å²) in [5, 5.41) is 2.27. The molecule has 2 aliphatic heterocycles. The molecule has 2 heterocycles. The van der Waals surface area contributed by atoms with Crippen molar-refractivity contribution in [2.45, 2.75) is 51.0 Å². The number of ether oxygens (including phenoxy) is 1. The standard InChI is InChI=1S/C46H42FNO/c1-2-3-4-11-33-16-18-34(19-17-33)35-20-22-36(23-21-35)42-32-45-41(39-12-5-6-13-40(39)42)28-29-46(49-45,43-14-7-8-15-44(43)47)37-24-26-38(27-25-37)48-30-9-10-31-48/h5-8,12-29,32H,2-4,9-11,30-31H2,1H3. The van der Waals surface area contributed by atoms with Crippen molar-refractivity contribution in [2.24, 2.45) is 0 Å². The lowest BCUT2D eigenvalue weighted by atomic mass is 9.82. The van der Waals surface area contributed by atoms with E-state index in [2.05, 4.69) is 121 Å². The molecule has 2 aliphatic rings. The fourth-order valence-electron chi connectivity index (χ4n) is 7.67. The van der Waals surface area contributed by atoms with Crippen molar-refractivity contribution in [3.63, 3.8) is 0 Å². The normalized spacial score (nSPS) is 16.9. The van der Waals surface area contributed by atoms with Crippen LogP contribution in [0, 0.1) is 5.82 Å². The molecular weight excluding hydrogens is 602 g/mol. The van der Waals surface area contributed by atoms with Gasteiger partial charge in [-0.05, 0) is 101 Å². The van der Waals surface area contributed by atoms with Crippen LogP contribution >= 0.6 is 0 Å². The predicted molar refractivity (Wildman–Crippen MR) is 203 cm³/mol. The molecule has 0 aliphatic carbocycles. The zero-order valence-electron chi connectivity index (χ0n) is 28.2. The molecule has 8 rings (SSSR count). The Balaban J connectivity index is 1.18. The molecule has 2 nitrogen and oxygen atoms in total. The highest BCUT2D eigenvalue weighted by molar-refractivity contribution is 6.03. The second-order valence-electron chi connectivity index (χ2n) is 13.5. The molecule has 0 bridgehead atoms. The summed E-state index contributed by atoms with van der Waals surface area (Å²) in [5.41, 5.74) is 8.52. The molecule has 0 aromatic heterocycles. The van der Waals surface area contributed by atoms with E-state index >= 15 is 4.39 Å². The lowest BCUT2D eigenvalue weighted by molar-refractivity contribution is 0.156. The average molecular weight is 644 g/mol. The van der Waals surface area contributed by atoms with Crippen molar-refractivity contribution in [1.29, 1.82) is 0 Å². The SMILES string of the molecule is CCCCCc1ccc(-c2ccc(-c3cc4c(c5ccccc35)C=CC(c3ccc(N5CCCC5)cc3)(c3ccccc3F)O4)cc2)cc1. The number of halogens is 1. The van der Waals surface area contributed by atoms with Gasteiger partial charge in [0, 0.05) is 35.5 Å². The van der Waals surface area contributed by atoms with Crippen LogP contribution in [0.15, 0.2) is 133 Å². The van der Waals surface area contributed by atoms with Gasteiger partial charge in [0.05, 0.1) is 0 Å². The molecule has 1 atom stereocenters. The molecule has 3 heteroatoms. The van der Waals surface area contributed by atoms with E-state index in [0.717, 1.165) is 58.3 Å². The fraction of sp³-hybridized carbons (Fsp3) is 0.217. The number of anilines is 1. The molecule has 244 valence electrons. The van der Waals surface area contributed by atoms with Gasteiger partial charge in [-0.15, -0.1) is 0 Å². The van der Waals surface area contributed by atoms with Gasteiger partial charge in [-0.3, -0.25) is 0 Å². The smallest absolute Gasteiger partial charge is 0.180 e. The van der Waals surface area contributed by atoms with Gasteiger partial charge < -0.3 is 9.64 Å². The lowest BCUT2D eigenvalue weighted by Crippen LogP contribution is -2.35. The number of hydrogen-bond acceptors (Lipinski definition) is 2. The van der Waals surface area contributed by atoms with Gasteiger partial charge in [-0.2, -0.15) is 0 Å². The maximum absolute atomic E-state index is 15.8. The van der Waals surface area contributed by atoms with Gasteiger partial charge in [0.15, 0.2) is 5.60 Å². The highest BCUT2D eigenvalue weighted by Crippen LogP contribution is 2.47. The summed E-state index contributed by atoms with van der Waals surface area (Å²) >= 11 is 0. The molecule has 0 radical (unpaired) electrons. The highest BCUT2D eigenvalue weighted by Gasteiger charge is 2.40. The van der Waals surface area contributed by atoms with E-state index in [9.17, 15) is 0 Å². The van der Waals surface area contributed by atoms with E-state index in [1.54, 1.807) is 6.07 Å². The summed E-state index contributed by atoms with van der Waals surface area (Å²) in [5.74, 6) is 0.454. The molecule has 6 aromatic carbocycles. The van der Waals surface area contributed by atoms with Crippen LogP contribution < -0.4 is 9.64 Å². The topological polar surface area (TPSA) is 12.5 Å². The van der Waals surface area contributed by atoms with E-state index < -0.39 is 5.60 Å². The number of rotatable bonds is 9. The Morgan fingerprint density at radius 1 is 0.694 bits per heavy atom. The van der Waals surface area contributed by atoms with E-state index in [-0.39, 0.29) is 5.82 Å². The third-order valence-corrected chi connectivity index (χ3v) is 10.4. The molecular formula is C46H42FNO. The van der Waals surface area contributed by atoms with Crippen molar-refractivity contribution in [2.75, 3.05) is 18.0 Å². The quantitative estimate of drug-likeness (QED) is 0.145. The Hall–Kier alpha value is -5.15. The molecule has 0 saturated carbocycles. The van der Waals surface area contributed by atoms with E-state index in [4.69, 9.17) is 4.74 Å². The van der Waals surface area contributed by atoms with Crippen LogP contribution in [-0.4, -0.2) is 13.1 Å². The summed E-state index contributed by atoms with van der Waals surface area (Å²) in [7, 11) is 0. The van der Waals surface area contributed by atoms with Gasteiger partial charge >= 0.3 is 0 Å². The molecule has 1 unspecified atom stereocenters. The number of benzene rings is 6. The lowest BCUT2D eigenvalue weighted by Gasteiger charge is -2.37. The number of nitrogens with zero attached hydrogens (tertiary/aromatic N) is 1. The molecule has 1 saturated heterocycles. The van der Waals surface area contributed by atoms with E-state index in [1.807, 2.05) is 18.2 Å². The maximum Gasteiger partial charge on any atom is 0.180 e. The van der Waals surface area contributed by atoms with Crippen LogP contribution in [-0.2, 0) is 12.0 Å². The Morgan fingerprint density at radius 2 is 1.35 bits per heavy atom. The largest absolute Gasteiger partial charge is 0.473 e. The Bertz CT molecular complexity index is 2110. The van der Waals surface area contributed by atoms with Crippen LogP contribution in [0.2, 0.25) is 0 Å². The van der Waals surface area contributed by atoms with Crippen molar-refractivity contribution >= 4 is 22.5 Å². The summed E-state index contributed by atoms with van der Waals surface area (Å²) in [6.07, 6.45) is 11.5. The zero-order chi connectivity index (χ0) is 33.2. The first-order chi connectivity index (χ1) is 24.1. The van der Waals surface area contributed by atoms with Gasteiger partial charge in [-0.25, -0.2) is 4.39 Å². The second-order valence-corrected chi connectivity index (χ2v) is 13.5. The third-order valence-electron chi connectivity index (χ3n) is 10.4. The van der Waals surface area contributed by atoms with Gasteiger partial charge in [-0.1, -0.05) is 123 Å². The van der Waals surface area contributed by atoms with Gasteiger partial charge in [0.1, 0.15) is 11.6 Å². The van der Waals surface area contributed by atoms with E-state index in [0.29, 0.717) is 5.56 Å². The van der Waals surface area contributed by atoms with Crippen LogP contribution in [0.1, 0.15) is 61.3 Å². The first-order valence-corrected chi connectivity index (χ1v) is 17.9. The predicted octanol–water partition coefficient (Wildman–Crippen LogP) is 12.0. The molecule has 1 fully saturated rings. The van der Waals surface area contributed by atoms with Crippen LogP contribution in [0.5, 0.6) is 5.75 Å². The average Bonchev–Trinajstić information content (AvgIpc) is 3.71. The molecule has 49 heavy (non-hydrogen) atoms. The van der Waals surface area contributed by atoms with Crippen molar-refractivity contribution < 1.29 is 9.13 Å². The van der Waals surface area contributed by atoms with Crippen LogP contribution in [0.3, 0.4) is 0 Å².